The fourth-order valence-corrected chi connectivity index (χ4v) is 9.26. The normalized spacial score (nSPS) is 12.9. The largest absolute Gasteiger partial charge is 0.462 e. The van der Waals surface area contributed by atoms with E-state index in [4.69, 9.17) is 9.47 Å². The number of rotatable bonds is 59. The molecule has 0 heterocycles. The summed E-state index contributed by atoms with van der Waals surface area (Å²) in [6.07, 6.45) is 95.2. The van der Waals surface area contributed by atoms with Gasteiger partial charge in [0.15, 0.2) is 6.10 Å². The fraction of sp³-hybridized carbons (Fsp3) is 0.718. The summed E-state index contributed by atoms with van der Waals surface area (Å²) in [6, 6.07) is 0. The smallest absolute Gasteiger partial charge is 0.306 e. The van der Waals surface area contributed by atoms with Crippen molar-refractivity contribution in [2.45, 2.75) is 315 Å². The van der Waals surface area contributed by atoms with Crippen LogP contribution >= 0.6 is 0 Å². The Morgan fingerprint density at radius 3 is 0.855 bits per heavy atom. The molecule has 0 aromatic heterocycles. The van der Waals surface area contributed by atoms with Gasteiger partial charge < -0.3 is 14.6 Å². The van der Waals surface area contributed by atoms with Gasteiger partial charge in [-0.3, -0.25) is 9.59 Å². The molecule has 5 heteroatoms. The van der Waals surface area contributed by atoms with Crippen LogP contribution in [0.1, 0.15) is 309 Å². The van der Waals surface area contributed by atoms with Crippen LogP contribution in [0.25, 0.3) is 0 Å². The van der Waals surface area contributed by atoms with Crippen LogP contribution in [0, 0.1) is 0 Å². The van der Waals surface area contributed by atoms with Gasteiger partial charge in [-0.25, -0.2) is 0 Å². The van der Waals surface area contributed by atoms with Crippen LogP contribution in [0.2, 0.25) is 0 Å². The summed E-state index contributed by atoms with van der Waals surface area (Å²) in [7, 11) is 0. The lowest BCUT2D eigenvalue weighted by atomic mass is 10.0. The van der Waals surface area contributed by atoms with Crippen molar-refractivity contribution < 1.29 is 24.2 Å². The molecule has 76 heavy (non-hydrogen) atoms. The molecule has 0 saturated carbocycles. The van der Waals surface area contributed by atoms with Crippen molar-refractivity contribution in [2.75, 3.05) is 13.2 Å². The number of aliphatic hydroxyl groups is 1. The number of aliphatic hydroxyl groups excluding tert-OH is 1. The highest BCUT2D eigenvalue weighted by Crippen LogP contribution is 2.17. The highest BCUT2D eigenvalue weighted by Gasteiger charge is 2.16. The molecule has 0 bridgehead atoms. The van der Waals surface area contributed by atoms with E-state index < -0.39 is 6.10 Å². The predicted molar refractivity (Wildman–Crippen MR) is 334 cm³/mol. The van der Waals surface area contributed by atoms with E-state index in [2.05, 4.69) is 123 Å². The molecule has 0 saturated heterocycles. The van der Waals surface area contributed by atoms with Crippen LogP contribution in [0.4, 0.5) is 0 Å². The van der Waals surface area contributed by atoms with Crippen LogP contribution in [-0.2, 0) is 19.1 Å². The van der Waals surface area contributed by atoms with Gasteiger partial charge in [0.05, 0.1) is 6.61 Å². The molecule has 1 unspecified atom stereocenters. The average molecular weight is 1060 g/mol. The number of esters is 2. The second kappa shape index (κ2) is 65.8. The summed E-state index contributed by atoms with van der Waals surface area (Å²) in [4.78, 5) is 24.6. The molecule has 0 spiro atoms. The number of allylic oxidation sites excluding steroid dienone is 18. The molecule has 0 aliphatic rings. The van der Waals surface area contributed by atoms with E-state index in [1.54, 1.807) is 0 Å². The monoisotopic (exact) mass is 1050 g/mol. The molecule has 0 aliphatic heterocycles. The van der Waals surface area contributed by atoms with Crippen molar-refractivity contribution in [1.29, 1.82) is 0 Å². The van der Waals surface area contributed by atoms with Gasteiger partial charge in [-0.1, -0.05) is 322 Å². The van der Waals surface area contributed by atoms with Crippen molar-refractivity contribution in [2.24, 2.45) is 0 Å². The SMILES string of the molecule is CC/C=C\C/C=C\C/C=C\C/C=C\C/C=C\C/C=C\C/C=C\C/C=C\C/C=C\CCCCCCCCCC(=O)OC(CO)COC(=O)CCCCCCCCCCCCCCCCCCCCCCCCCCCCC. The first-order valence-corrected chi connectivity index (χ1v) is 32.4. The zero-order valence-electron chi connectivity index (χ0n) is 50.0. The standard InChI is InChI=1S/C71H122O5/c1-3-5-7-9-11-13-15-17-19-21-23-25-27-29-31-32-33-34-35-36-37-38-40-42-44-46-48-50-52-54-56-58-60-62-64-66-71(74)76-69(67-72)68-75-70(73)65-63-61-59-57-55-53-51-49-47-45-43-41-39-30-28-26-24-22-20-18-16-14-12-10-8-6-4-2/h5,7,11,13,17,19,23,25,29,31,33-34,36-37,40,42,46,48,69,72H,3-4,6,8-10,12,14-16,18,20-22,24,26-28,30,32,35,38-39,41,43-45,47,49-68H2,1-2H3/b7-5-,13-11-,19-17-,25-23-,31-29-,34-33-,37-36-,42-40-,48-46-. The van der Waals surface area contributed by atoms with Crippen LogP contribution < -0.4 is 0 Å². The van der Waals surface area contributed by atoms with Gasteiger partial charge in [0.2, 0.25) is 0 Å². The van der Waals surface area contributed by atoms with E-state index in [0.29, 0.717) is 12.8 Å². The maximum absolute atomic E-state index is 12.3. The molecule has 0 amide bonds. The van der Waals surface area contributed by atoms with Crippen molar-refractivity contribution in [3.8, 4) is 0 Å². The molecule has 436 valence electrons. The molecule has 0 aromatic carbocycles. The zero-order valence-corrected chi connectivity index (χ0v) is 50.0. The summed E-state index contributed by atoms with van der Waals surface area (Å²) < 4.78 is 10.7. The Labute approximate surface area is 471 Å². The number of carbonyl (C=O) groups excluding carboxylic acids is 2. The fourth-order valence-electron chi connectivity index (χ4n) is 9.26. The highest BCUT2D eigenvalue weighted by atomic mass is 16.6. The van der Waals surface area contributed by atoms with E-state index in [0.717, 1.165) is 103 Å². The second-order valence-electron chi connectivity index (χ2n) is 21.5. The average Bonchev–Trinajstić information content (AvgIpc) is 3.42. The summed E-state index contributed by atoms with van der Waals surface area (Å²) in [6.45, 7) is 4.05. The van der Waals surface area contributed by atoms with E-state index in [1.807, 2.05) is 0 Å². The van der Waals surface area contributed by atoms with Gasteiger partial charge in [-0.2, -0.15) is 0 Å². The predicted octanol–water partition coefficient (Wildman–Crippen LogP) is 22.4. The van der Waals surface area contributed by atoms with Gasteiger partial charge in [0.25, 0.3) is 0 Å². The first-order valence-electron chi connectivity index (χ1n) is 32.4. The Hall–Kier alpha value is -3.44. The van der Waals surface area contributed by atoms with Gasteiger partial charge in [-0.05, 0) is 83.5 Å². The summed E-state index contributed by atoms with van der Waals surface area (Å²) in [5, 5.41) is 9.68. The van der Waals surface area contributed by atoms with Gasteiger partial charge in [0, 0.05) is 12.8 Å². The van der Waals surface area contributed by atoms with Gasteiger partial charge in [0.1, 0.15) is 6.61 Å². The number of carbonyl (C=O) groups is 2. The third kappa shape index (κ3) is 63.1. The summed E-state index contributed by atoms with van der Waals surface area (Å²) in [5.74, 6) is -0.596. The number of hydrogen-bond donors (Lipinski definition) is 1. The summed E-state index contributed by atoms with van der Waals surface area (Å²) in [5.41, 5.74) is 0. The lowest BCUT2D eigenvalue weighted by Gasteiger charge is -2.15. The molecule has 0 radical (unpaired) electrons. The molecule has 1 N–H and O–H groups in total. The third-order valence-electron chi connectivity index (χ3n) is 14.1. The topological polar surface area (TPSA) is 72.8 Å². The minimum Gasteiger partial charge on any atom is -0.462 e. The maximum atomic E-state index is 12.3. The maximum Gasteiger partial charge on any atom is 0.306 e. The molecule has 1 atom stereocenters. The lowest BCUT2D eigenvalue weighted by Crippen LogP contribution is -2.28. The minimum atomic E-state index is -0.785. The Morgan fingerprint density at radius 1 is 0.316 bits per heavy atom. The van der Waals surface area contributed by atoms with Crippen LogP contribution in [0.15, 0.2) is 109 Å². The molecule has 5 nitrogen and oxygen atoms in total. The van der Waals surface area contributed by atoms with E-state index in [1.165, 1.54) is 180 Å². The molecule has 0 aliphatic carbocycles. The molecular weight excluding hydrogens is 933 g/mol. The van der Waals surface area contributed by atoms with Crippen LogP contribution in [-0.4, -0.2) is 36.4 Å². The van der Waals surface area contributed by atoms with Gasteiger partial charge in [-0.15, -0.1) is 0 Å². The number of ether oxygens (including phenoxy) is 2. The van der Waals surface area contributed by atoms with E-state index in [-0.39, 0.29) is 25.2 Å². The molecule has 0 aromatic rings. The zero-order chi connectivity index (χ0) is 54.8. The molecular formula is C71H122O5. The Bertz CT molecular complexity index is 1470. The number of unbranched alkanes of at least 4 members (excludes halogenated alkanes) is 33. The Kier molecular flexibility index (Phi) is 62.9. The highest BCUT2D eigenvalue weighted by molar-refractivity contribution is 5.70. The van der Waals surface area contributed by atoms with E-state index >= 15 is 0 Å². The number of hydrogen-bond acceptors (Lipinski definition) is 5. The van der Waals surface area contributed by atoms with E-state index in [9.17, 15) is 14.7 Å². The Morgan fingerprint density at radius 2 is 0.566 bits per heavy atom. The molecule has 0 rings (SSSR count). The third-order valence-corrected chi connectivity index (χ3v) is 14.1. The van der Waals surface area contributed by atoms with Crippen LogP contribution in [0.3, 0.4) is 0 Å². The minimum absolute atomic E-state index is 0.0725. The quantitative estimate of drug-likeness (QED) is 0.0373. The van der Waals surface area contributed by atoms with Crippen molar-refractivity contribution in [1.82, 2.24) is 0 Å². The van der Waals surface area contributed by atoms with Crippen molar-refractivity contribution in [3.05, 3.63) is 109 Å². The Balaban J connectivity index is 3.54. The first-order chi connectivity index (χ1) is 37.6. The van der Waals surface area contributed by atoms with Crippen LogP contribution in [0.5, 0.6) is 0 Å². The van der Waals surface area contributed by atoms with Gasteiger partial charge >= 0.3 is 11.9 Å². The second-order valence-corrected chi connectivity index (χ2v) is 21.5. The molecule has 0 fully saturated rings. The first kappa shape index (κ1) is 72.6. The summed E-state index contributed by atoms with van der Waals surface area (Å²) >= 11 is 0. The van der Waals surface area contributed by atoms with Crippen molar-refractivity contribution >= 4 is 11.9 Å². The lowest BCUT2D eigenvalue weighted by molar-refractivity contribution is -0.161. The van der Waals surface area contributed by atoms with Crippen molar-refractivity contribution in [3.63, 3.8) is 0 Å².